The standard InChI is InChI=1S/C18H19N3O3.ClH/c1-24-16(22)10-11-21-18(23)15-8-4-13(5-9-15)12-2-6-14(7-3-12)17(19)20;/h2-9H,10-11H2,1H3,(H3,19,20)(H,21,23);1H. The first kappa shape index (κ1) is 20.2. The zero-order valence-electron chi connectivity index (χ0n) is 13.7. The molecular formula is C18H20ClN3O3. The highest BCUT2D eigenvalue weighted by Crippen LogP contribution is 2.20. The van der Waals surface area contributed by atoms with Crippen molar-refractivity contribution in [1.29, 1.82) is 5.41 Å². The van der Waals surface area contributed by atoms with Gasteiger partial charge in [0.05, 0.1) is 13.5 Å². The molecule has 0 aliphatic heterocycles. The number of nitrogens with two attached hydrogens (primary N) is 1. The zero-order valence-corrected chi connectivity index (χ0v) is 14.6. The minimum Gasteiger partial charge on any atom is -0.469 e. The average Bonchev–Trinajstić information content (AvgIpc) is 2.61. The summed E-state index contributed by atoms with van der Waals surface area (Å²) in [5.41, 5.74) is 8.54. The number of hydrogen-bond donors (Lipinski definition) is 3. The Morgan fingerprint density at radius 1 is 1.00 bits per heavy atom. The van der Waals surface area contributed by atoms with Gasteiger partial charge in [-0.15, -0.1) is 12.4 Å². The first-order valence-corrected chi connectivity index (χ1v) is 7.41. The van der Waals surface area contributed by atoms with Crippen LogP contribution in [0.2, 0.25) is 0 Å². The Balaban J connectivity index is 0.00000312. The number of amidine groups is 1. The fourth-order valence-corrected chi connectivity index (χ4v) is 2.14. The zero-order chi connectivity index (χ0) is 17.5. The van der Waals surface area contributed by atoms with E-state index in [2.05, 4.69) is 10.1 Å². The van der Waals surface area contributed by atoms with Gasteiger partial charge in [0.1, 0.15) is 5.84 Å². The highest BCUT2D eigenvalue weighted by atomic mass is 35.5. The number of ether oxygens (including phenoxy) is 1. The normalized spacial score (nSPS) is 9.64. The predicted molar refractivity (Wildman–Crippen MR) is 99.1 cm³/mol. The topological polar surface area (TPSA) is 105 Å². The summed E-state index contributed by atoms with van der Waals surface area (Å²) in [5, 5.41) is 10.1. The molecule has 0 saturated carbocycles. The predicted octanol–water partition coefficient (Wildman–Crippen LogP) is 2.35. The van der Waals surface area contributed by atoms with Gasteiger partial charge in [0.25, 0.3) is 5.91 Å². The van der Waals surface area contributed by atoms with Crippen LogP contribution < -0.4 is 11.1 Å². The fourth-order valence-electron chi connectivity index (χ4n) is 2.14. The van der Waals surface area contributed by atoms with Gasteiger partial charge < -0.3 is 15.8 Å². The summed E-state index contributed by atoms with van der Waals surface area (Å²) in [5.74, 6) is -0.572. The molecule has 0 aromatic heterocycles. The van der Waals surface area contributed by atoms with Crippen LogP contribution in [0.4, 0.5) is 0 Å². The molecule has 2 rings (SSSR count). The number of carbonyl (C=O) groups is 2. The molecule has 0 radical (unpaired) electrons. The molecule has 2 aromatic carbocycles. The number of carbonyl (C=O) groups excluding carboxylic acids is 2. The number of rotatable bonds is 6. The first-order chi connectivity index (χ1) is 11.5. The van der Waals surface area contributed by atoms with Gasteiger partial charge in [0.15, 0.2) is 0 Å². The molecule has 2 aromatic rings. The van der Waals surface area contributed by atoms with E-state index in [4.69, 9.17) is 11.1 Å². The van der Waals surface area contributed by atoms with Crippen LogP contribution >= 0.6 is 12.4 Å². The van der Waals surface area contributed by atoms with Gasteiger partial charge in [-0.05, 0) is 23.3 Å². The van der Waals surface area contributed by atoms with Crippen LogP contribution in [0.1, 0.15) is 22.3 Å². The summed E-state index contributed by atoms with van der Waals surface area (Å²) >= 11 is 0. The van der Waals surface area contributed by atoms with Crippen molar-refractivity contribution >= 4 is 30.1 Å². The molecule has 25 heavy (non-hydrogen) atoms. The van der Waals surface area contributed by atoms with Gasteiger partial charge in [-0.1, -0.05) is 36.4 Å². The van der Waals surface area contributed by atoms with E-state index in [1.54, 1.807) is 24.3 Å². The van der Waals surface area contributed by atoms with Crippen molar-refractivity contribution in [2.75, 3.05) is 13.7 Å². The quantitative estimate of drug-likeness (QED) is 0.417. The lowest BCUT2D eigenvalue weighted by Gasteiger charge is -2.07. The summed E-state index contributed by atoms with van der Waals surface area (Å²) in [6.07, 6.45) is 0.142. The lowest BCUT2D eigenvalue weighted by Crippen LogP contribution is -2.26. The van der Waals surface area contributed by atoms with E-state index >= 15 is 0 Å². The maximum absolute atomic E-state index is 12.0. The monoisotopic (exact) mass is 361 g/mol. The van der Waals surface area contributed by atoms with Crippen LogP contribution in [-0.4, -0.2) is 31.4 Å². The van der Waals surface area contributed by atoms with Gasteiger partial charge in [-0.3, -0.25) is 15.0 Å². The van der Waals surface area contributed by atoms with Crippen molar-refractivity contribution in [3.8, 4) is 11.1 Å². The third-order valence-electron chi connectivity index (χ3n) is 3.52. The van der Waals surface area contributed by atoms with Crippen molar-refractivity contribution in [3.63, 3.8) is 0 Å². The SMILES string of the molecule is COC(=O)CCNC(=O)c1ccc(-c2ccc(C(=N)N)cc2)cc1.Cl. The summed E-state index contributed by atoms with van der Waals surface area (Å²) in [7, 11) is 1.31. The molecule has 1 amide bonds. The molecule has 0 atom stereocenters. The largest absolute Gasteiger partial charge is 0.469 e. The number of nitrogen functional groups attached to an aromatic ring is 1. The van der Waals surface area contributed by atoms with E-state index in [0.717, 1.165) is 11.1 Å². The Kier molecular flexibility index (Phi) is 7.62. The van der Waals surface area contributed by atoms with Crippen molar-refractivity contribution < 1.29 is 14.3 Å². The van der Waals surface area contributed by atoms with E-state index in [1.807, 2.05) is 24.3 Å². The minimum absolute atomic E-state index is 0. The highest BCUT2D eigenvalue weighted by Gasteiger charge is 2.07. The maximum atomic E-state index is 12.0. The number of methoxy groups -OCH3 is 1. The van der Waals surface area contributed by atoms with E-state index in [1.165, 1.54) is 7.11 Å². The molecule has 0 heterocycles. The van der Waals surface area contributed by atoms with Gasteiger partial charge in [0.2, 0.25) is 0 Å². The van der Waals surface area contributed by atoms with Crippen LogP contribution in [0.15, 0.2) is 48.5 Å². The minimum atomic E-state index is -0.361. The van der Waals surface area contributed by atoms with Gasteiger partial charge in [-0.2, -0.15) is 0 Å². The van der Waals surface area contributed by atoms with Crippen molar-refractivity contribution in [3.05, 3.63) is 59.7 Å². The Labute approximate surface area is 152 Å². The molecule has 0 unspecified atom stereocenters. The number of esters is 1. The van der Waals surface area contributed by atoms with Gasteiger partial charge in [0, 0.05) is 17.7 Å². The molecule has 6 nitrogen and oxygen atoms in total. The second-order valence-corrected chi connectivity index (χ2v) is 5.15. The summed E-state index contributed by atoms with van der Waals surface area (Å²) in [6.45, 7) is 0.236. The first-order valence-electron chi connectivity index (χ1n) is 7.41. The molecule has 0 aliphatic rings. The molecular weight excluding hydrogens is 342 g/mol. The number of benzene rings is 2. The van der Waals surface area contributed by atoms with Crippen LogP contribution in [0.3, 0.4) is 0 Å². The van der Waals surface area contributed by atoms with Crippen LogP contribution in [0, 0.1) is 5.41 Å². The van der Waals surface area contributed by atoms with Gasteiger partial charge in [-0.25, -0.2) is 0 Å². The third-order valence-corrected chi connectivity index (χ3v) is 3.52. The second-order valence-electron chi connectivity index (χ2n) is 5.15. The molecule has 132 valence electrons. The Bertz CT molecular complexity index is 743. The van der Waals surface area contributed by atoms with Crippen LogP contribution in [0.25, 0.3) is 11.1 Å². The van der Waals surface area contributed by atoms with Gasteiger partial charge >= 0.3 is 5.97 Å². The molecule has 4 N–H and O–H groups in total. The van der Waals surface area contributed by atoms with Crippen LogP contribution in [0.5, 0.6) is 0 Å². The molecule has 0 spiro atoms. The Hall–Kier alpha value is -2.86. The number of amides is 1. The lowest BCUT2D eigenvalue weighted by molar-refractivity contribution is -0.140. The van der Waals surface area contributed by atoms with Crippen LogP contribution in [-0.2, 0) is 9.53 Å². The fraction of sp³-hybridized carbons (Fsp3) is 0.167. The smallest absolute Gasteiger partial charge is 0.307 e. The summed E-state index contributed by atoms with van der Waals surface area (Å²) in [4.78, 5) is 23.0. The van der Waals surface area contributed by atoms with E-state index in [9.17, 15) is 9.59 Å². The van der Waals surface area contributed by atoms with E-state index < -0.39 is 0 Å². The number of nitrogens with one attached hydrogen (secondary N) is 2. The van der Waals surface area contributed by atoms with E-state index in [-0.39, 0.29) is 43.1 Å². The lowest BCUT2D eigenvalue weighted by atomic mass is 10.0. The van der Waals surface area contributed by atoms with Crippen molar-refractivity contribution in [1.82, 2.24) is 5.32 Å². The third kappa shape index (κ3) is 5.61. The Morgan fingerprint density at radius 3 is 1.92 bits per heavy atom. The Morgan fingerprint density at radius 2 is 1.48 bits per heavy atom. The number of hydrogen-bond acceptors (Lipinski definition) is 4. The average molecular weight is 362 g/mol. The molecule has 0 aliphatic carbocycles. The molecule has 0 saturated heterocycles. The molecule has 0 fully saturated rings. The summed E-state index contributed by atoms with van der Waals surface area (Å²) < 4.78 is 4.51. The van der Waals surface area contributed by atoms with Crippen molar-refractivity contribution in [2.24, 2.45) is 5.73 Å². The van der Waals surface area contributed by atoms with Crippen molar-refractivity contribution in [2.45, 2.75) is 6.42 Å². The molecule has 7 heteroatoms. The summed E-state index contributed by atoms with van der Waals surface area (Å²) in [6, 6.07) is 14.5. The highest BCUT2D eigenvalue weighted by molar-refractivity contribution is 5.96. The van der Waals surface area contributed by atoms with E-state index in [0.29, 0.717) is 11.1 Å². The molecule has 0 bridgehead atoms. The second kappa shape index (κ2) is 9.44. The maximum Gasteiger partial charge on any atom is 0.307 e. The number of halogens is 1.